The highest BCUT2D eigenvalue weighted by Crippen LogP contribution is 2.15. The van der Waals surface area contributed by atoms with Crippen LogP contribution in [0.4, 0.5) is 10.1 Å². The van der Waals surface area contributed by atoms with Crippen LogP contribution in [0, 0.1) is 5.82 Å². The predicted molar refractivity (Wildman–Crippen MR) is 83.3 cm³/mol. The molecular weight excluding hydrogens is 281 g/mol. The van der Waals surface area contributed by atoms with Gasteiger partial charge in [-0.2, -0.15) is 0 Å². The summed E-state index contributed by atoms with van der Waals surface area (Å²) in [6.07, 6.45) is 4.33. The van der Waals surface area contributed by atoms with Gasteiger partial charge in [-0.25, -0.2) is 9.37 Å². The first-order chi connectivity index (χ1) is 10.7. The molecule has 0 aliphatic rings. The highest BCUT2D eigenvalue weighted by Gasteiger charge is 2.09. The van der Waals surface area contributed by atoms with Gasteiger partial charge >= 0.3 is 0 Å². The molecule has 0 aliphatic heterocycles. The van der Waals surface area contributed by atoms with Crippen LogP contribution in [-0.2, 0) is 17.6 Å². The van der Waals surface area contributed by atoms with Gasteiger partial charge in [-0.1, -0.05) is 19.1 Å². The third-order valence-corrected chi connectivity index (χ3v) is 3.57. The van der Waals surface area contributed by atoms with Crippen molar-refractivity contribution in [2.45, 2.75) is 19.8 Å². The second-order valence-electron chi connectivity index (χ2n) is 5.06. The van der Waals surface area contributed by atoms with Gasteiger partial charge in [0.05, 0.1) is 6.42 Å². The molecule has 0 saturated heterocycles. The molecular formula is C17H16FN3O. The average molecular weight is 297 g/mol. The van der Waals surface area contributed by atoms with Crippen molar-refractivity contribution in [1.82, 2.24) is 9.38 Å². The van der Waals surface area contributed by atoms with Crippen LogP contribution in [0.15, 0.2) is 48.8 Å². The van der Waals surface area contributed by atoms with Crippen LogP contribution in [0.5, 0.6) is 0 Å². The first-order valence-electron chi connectivity index (χ1n) is 7.16. The molecule has 0 aliphatic carbocycles. The number of nitrogens with one attached hydrogen (secondary N) is 1. The van der Waals surface area contributed by atoms with E-state index >= 15 is 0 Å². The molecule has 3 rings (SSSR count). The maximum Gasteiger partial charge on any atom is 0.230 e. The van der Waals surface area contributed by atoms with Crippen molar-refractivity contribution in [1.29, 1.82) is 0 Å². The Labute approximate surface area is 127 Å². The molecule has 0 saturated carbocycles. The largest absolute Gasteiger partial charge is 0.326 e. The third kappa shape index (κ3) is 2.83. The minimum absolute atomic E-state index is 0.190. The fourth-order valence-electron chi connectivity index (χ4n) is 2.43. The highest BCUT2D eigenvalue weighted by molar-refractivity contribution is 5.92. The summed E-state index contributed by atoms with van der Waals surface area (Å²) >= 11 is 0. The molecule has 0 radical (unpaired) electrons. The number of pyridine rings is 1. The van der Waals surface area contributed by atoms with Crippen molar-refractivity contribution in [2.75, 3.05) is 5.32 Å². The van der Waals surface area contributed by atoms with E-state index in [4.69, 9.17) is 0 Å². The standard InChI is InChI=1S/C17H16FN3O/c1-2-12-6-7-13(10-15(12)18)20-17(22)11-14-4-3-5-16-19-8-9-21(14)16/h3-10H,2,11H2,1H3,(H,20,22). The number of carbonyl (C=O) groups excluding carboxylic acids is 1. The smallest absolute Gasteiger partial charge is 0.230 e. The molecule has 0 bridgehead atoms. The van der Waals surface area contributed by atoms with Crippen LogP contribution in [-0.4, -0.2) is 15.3 Å². The van der Waals surface area contributed by atoms with Gasteiger partial charge in [-0.05, 0) is 36.2 Å². The Hall–Kier alpha value is -2.69. The van der Waals surface area contributed by atoms with Crippen LogP contribution in [0.2, 0.25) is 0 Å². The van der Waals surface area contributed by atoms with E-state index in [0.717, 1.165) is 11.3 Å². The number of amides is 1. The number of hydrogen-bond donors (Lipinski definition) is 1. The molecule has 0 spiro atoms. The van der Waals surface area contributed by atoms with Gasteiger partial charge in [0.2, 0.25) is 5.91 Å². The molecule has 4 nitrogen and oxygen atoms in total. The summed E-state index contributed by atoms with van der Waals surface area (Å²) in [5, 5.41) is 2.73. The highest BCUT2D eigenvalue weighted by atomic mass is 19.1. The van der Waals surface area contributed by atoms with Crippen LogP contribution in [0.3, 0.4) is 0 Å². The van der Waals surface area contributed by atoms with Crippen LogP contribution < -0.4 is 5.32 Å². The van der Waals surface area contributed by atoms with E-state index in [2.05, 4.69) is 10.3 Å². The second-order valence-corrected chi connectivity index (χ2v) is 5.06. The Morgan fingerprint density at radius 1 is 1.32 bits per heavy atom. The lowest BCUT2D eigenvalue weighted by atomic mass is 10.1. The molecule has 0 atom stereocenters. The molecule has 3 aromatic rings. The zero-order valence-electron chi connectivity index (χ0n) is 12.2. The minimum atomic E-state index is -0.294. The second kappa shape index (κ2) is 5.97. The lowest BCUT2D eigenvalue weighted by Gasteiger charge is -2.08. The van der Waals surface area contributed by atoms with Crippen molar-refractivity contribution in [3.8, 4) is 0 Å². The molecule has 0 fully saturated rings. The lowest BCUT2D eigenvalue weighted by molar-refractivity contribution is -0.115. The van der Waals surface area contributed by atoms with Crippen LogP contribution in [0.1, 0.15) is 18.2 Å². The van der Waals surface area contributed by atoms with Gasteiger partial charge in [-0.3, -0.25) is 4.79 Å². The van der Waals surface area contributed by atoms with Crippen LogP contribution in [0.25, 0.3) is 5.65 Å². The number of halogens is 1. The molecule has 1 N–H and O–H groups in total. The van der Waals surface area contributed by atoms with Gasteiger partial charge in [0.1, 0.15) is 11.5 Å². The first-order valence-corrected chi connectivity index (χ1v) is 7.16. The summed E-state index contributed by atoms with van der Waals surface area (Å²) < 4.78 is 15.6. The summed E-state index contributed by atoms with van der Waals surface area (Å²) in [6, 6.07) is 10.4. The van der Waals surface area contributed by atoms with Gasteiger partial charge < -0.3 is 9.72 Å². The number of fused-ring (bicyclic) bond motifs is 1. The van der Waals surface area contributed by atoms with E-state index in [9.17, 15) is 9.18 Å². The molecule has 1 amide bonds. The van der Waals surface area contributed by atoms with Gasteiger partial charge in [0, 0.05) is 23.8 Å². The summed E-state index contributed by atoms with van der Waals surface area (Å²) in [5.74, 6) is -0.484. The Bertz CT molecular complexity index is 826. The zero-order valence-corrected chi connectivity index (χ0v) is 12.2. The monoisotopic (exact) mass is 297 g/mol. The molecule has 1 aromatic carbocycles. The molecule has 2 aromatic heterocycles. The molecule has 5 heteroatoms. The fourth-order valence-corrected chi connectivity index (χ4v) is 2.43. The van der Waals surface area contributed by atoms with E-state index < -0.39 is 0 Å². The maximum atomic E-state index is 13.7. The van der Waals surface area contributed by atoms with E-state index in [1.165, 1.54) is 6.07 Å². The Morgan fingerprint density at radius 3 is 2.95 bits per heavy atom. The van der Waals surface area contributed by atoms with Crippen molar-refractivity contribution in [3.05, 3.63) is 65.9 Å². The average Bonchev–Trinajstić information content (AvgIpc) is 2.97. The number of aryl methyl sites for hydroxylation is 1. The number of nitrogens with zero attached hydrogens (tertiary/aromatic N) is 2. The number of anilines is 1. The van der Waals surface area contributed by atoms with E-state index in [1.54, 1.807) is 18.3 Å². The maximum absolute atomic E-state index is 13.7. The van der Waals surface area contributed by atoms with E-state index in [1.807, 2.05) is 35.7 Å². The Morgan fingerprint density at radius 2 is 2.18 bits per heavy atom. The van der Waals surface area contributed by atoms with Gasteiger partial charge in [0.25, 0.3) is 0 Å². The van der Waals surface area contributed by atoms with Crippen LogP contribution >= 0.6 is 0 Å². The number of rotatable bonds is 4. The lowest BCUT2D eigenvalue weighted by Crippen LogP contribution is -2.16. The van der Waals surface area contributed by atoms with E-state index in [0.29, 0.717) is 17.7 Å². The van der Waals surface area contributed by atoms with Gasteiger partial charge in [-0.15, -0.1) is 0 Å². The normalized spacial score (nSPS) is 10.8. The summed E-state index contributed by atoms with van der Waals surface area (Å²) in [7, 11) is 0. The first kappa shape index (κ1) is 14.3. The number of imidazole rings is 1. The summed E-state index contributed by atoms with van der Waals surface area (Å²) in [5.41, 5.74) is 2.74. The predicted octanol–water partition coefficient (Wildman–Crippen LogP) is 3.22. The third-order valence-electron chi connectivity index (χ3n) is 3.57. The molecule has 0 unspecified atom stereocenters. The van der Waals surface area contributed by atoms with Gasteiger partial charge in [0.15, 0.2) is 0 Å². The fraction of sp³-hybridized carbons (Fsp3) is 0.176. The molecule has 22 heavy (non-hydrogen) atoms. The van der Waals surface area contributed by atoms with Crippen molar-refractivity contribution in [3.63, 3.8) is 0 Å². The molecule has 2 heterocycles. The topological polar surface area (TPSA) is 46.4 Å². The van der Waals surface area contributed by atoms with Crippen molar-refractivity contribution >= 4 is 17.2 Å². The number of aromatic nitrogens is 2. The summed E-state index contributed by atoms with van der Waals surface area (Å²) in [4.78, 5) is 16.3. The SMILES string of the molecule is CCc1ccc(NC(=O)Cc2cccc3nccn23)cc1F. The van der Waals surface area contributed by atoms with Crippen molar-refractivity contribution in [2.24, 2.45) is 0 Å². The zero-order chi connectivity index (χ0) is 15.5. The summed E-state index contributed by atoms with van der Waals surface area (Å²) in [6.45, 7) is 1.89. The van der Waals surface area contributed by atoms with E-state index in [-0.39, 0.29) is 18.1 Å². The quantitative estimate of drug-likeness (QED) is 0.803. The number of carbonyl (C=O) groups is 1. The molecule has 112 valence electrons. The Balaban J connectivity index is 1.75. The van der Waals surface area contributed by atoms with Crippen molar-refractivity contribution < 1.29 is 9.18 Å². The number of benzene rings is 1. The minimum Gasteiger partial charge on any atom is -0.326 e. The Kier molecular flexibility index (Phi) is 3.87. The number of hydrogen-bond acceptors (Lipinski definition) is 2.